The first kappa shape index (κ1) is 23.1. The molecule has 0 aliphatic carbocycles. The Labute approximate surface area is 175 Å². The number of nitrogens with one attached hydrogen (secondary N) is 1. The molecular weight excluding hydrogens is 362 g/mol. The number of fused-ring (bicyclic) bond motifs is 1. The van der Waals surface area contributed by atoms with Crippen molar-refractivity contribution in [1.82, 2.24) is 9.97 Å². The molecule has 0 unspecified atom stereocenters. The van der Waals surface area contributed by atoms with Gasteiger partial charge in [-0.2, -0.15) is 0 Å². The number of hydrogen-bond acceptors (Lipinski definition) is 3. The third-order valence-electron chi connectivity index (χ3n) is 5.40. The Kier molecular flexibility index (Phi) is 11.1. The lowest BCUT2D eigenvalue weighted by Crippen LogP contribution is -1.88. The lowest BCUT2D eigenvalue weighted by atomic mass is 10.1. The van der Waals surface area contributed by atoms with E-state index in [4.69, 9.17) is 0 Å². The highest BCUT2D eigenvalue weighted by atomic mass is 16.6. The molecule has 0 fully saturated rings. The van der Waals surface area contributed by atoms with Crippen molar-refractivity contribution >= 4 is 16.7 Å². The number of unbranched alkanes of at least 4 members (excludes halogenated alkanes) is 11. The maximum atomic E-state index is 10.8. The smallest absolute Gasteiger partial charge is 0.271 e. The molecule has 0 atom stereocenters. The van der Waals surface area contributed by atoms with Gasteiger partial charge in [-0.1, -0.05) is 70.4 Å². The first-order valence-corrected chi connectivity index (χ1v) is 11.5. The molecule has 160 valence electrons. The van der Waals surface area contributed by atoms with Crippen LogP contribution in [0.2, 0.25) is 0 Å². The van der Waals surface area contributed by atoms with E-state index < -0.39 is 0 Å². The number of imidazole rings is 1. The largest absolute Gasteiger partial charge is 0.342 e. The topological polar surface area (TPSA) is 71.8 Å². The van der Waals surface area contributed by atoms with Crippen LogP contribution >= 0.6 is 0 Å². The number of aryl methyl sites for hydroxylation is 1. The van der Waals surface area contributed by atoms with Gasteiger partial charge in [-0.15, -0.1) is 0 Å². The molecule has 1 aromatic carbocycles. The number of non-ortho nitro benzene ring substituents is 1. The molecule has 0 saturated heterocycles. The van der Waals surface area contributed by atoms with E-state index >= 15 is 0 Å². The molecule has 0 bridgehead atoms. The van der Waals surface area contributed by atoms with Gasteiger partial charge in [0.15, 0.2) is 0 Å². The van der Waals surface area contributed by atoms with Crippen LogP contribution in [0.1, 0.15) is 96.2 Å². The number of hydrogen-bond donors (Lipinski definition) is 1. The number of nitro benzene ring substituents is 1. The average molecular weight is 400 g/mol. The van der Waals surface area contributed by atoms with Gasteiger partial charge in [0, 0.05) is 18.6 Å². The summed E-state index contributed by atoms with van der Waals surface area (Å²) in [6.07, 6.45) is 22.5. The SMILES string of the molecule is CCCCCCCC/C=C/CCCCCCCc1nc2ccc([N+](=O)[O-])cc2[nH]1. The number of benzene rings is 1. The van der Waals surface area contributed by atoms with Gasteiger partial charge < -0.3 is 4.98 Å². The molecule has 1 N–H and O–H groups in total. The van der Waals surface area contributed by atoms with E-state index in [1.54, 1.807) is 12.1 Å². The van der Waals surface area contributed by atoms with Crippen molar-refractivity contribution < 1.29 is 4.92 Å². The molecule has 0 radical (unpaired) electrons. The Hall–Kier alpha value is -2.17. The number of rotatable bonds is 16. The molecule has 0 amide bonds. The predicted octanol–water partition coefficient (Wildman–Crippen LogP) is 7.66. The van der Waals surface area contributed by atoms with Crippen LogP contribution in [-0.2, 0) is 6.42 Å². The van der Waals surface area contributed by atoms with Crippen LogP contribution < -0.4 is 0 Å². The fraction of sp³-hybridized carbons (Fsp3) is 0.625. The van der Waals surface area contributed by atoms with Crippen LogP contribution in [-0.4, -0.2) is 14.9 Å². The number of aromatic nitrogens is 2. The molecule has 5 nitrogen and oxygen atoms in total. The minimum absolute atomic E-state index is 0.105. The van der Waals surface area contributed by atoms with Crippen molar-refractivity contribution in [2.24, 2.45) is 0 Å². The molecule has 0 aliphatic rings. The van der Waals surface area contributed by atoms with Crippen molar-refractivity contribution in [2.45, 2.75) is 96.8 Å². The van der Waals surface area contributed by atoms with Crippen LogP contribution in [0.4, 0.5) is 5.69 Å². The second-order valence-electron chi connectivity index (χ2n) is 7.98. The molecule has 5 heteroatoms. The standard InChI is InChI=1S/C24H37N3O2/c1-2-3-4-5-6-7-8-9-10-11-12-13-14-15-16-17-24-25-22-19-18-21(27(28)29)20-23(22)26-24/h9-10,18-20H,2-8,11-17H2,1H3,(H,25,26)/b10-9+. The summed E-state index contributed by atoms with van der Waals surface area (Å²) in [5.41, 5.74) is 1.66. The highest BCUT2D eigenvalue weighted by molar-refractivity contribution is 5.77. The van der Waals surface area contributed by atoms with Gasteiger partial charge in [0.25, 0.3) is 5.69 Å². The van der Waals surface area contributed by atoms with E-state index in [1.165, 1.54) is 83.1 Å². The van der Waals surface area contributed by atoms with E-state index in [9.17, 15) is 10.1 Å². The zero-order valence-electron chi connectivity index (χ0n) is 18.0. The average Bonchev–Trinajstić information content (AvgIpc) is 3.12. The quantitative estimate of drug-likeness (QED) is 0.136. The van der Waals surface area contributed by atoms with Crippen molar-refractivity contribution in [2.75, 3.05) is 0 Å². The first-order valence-electron chi connectivity index (χ1n) is 11.5. The second-order valence-corrected chi connectivity index (χ2v) is 7.98. The summed E-state index contributed by atoms with van der Waals surface area (Å²) in [4.78, 5) is 18.2. The van der Waals surface area contributed by atoms with Crippen molar-refractivity contribution in [3.05, 3.63) is 46.3 Å². The molecule has 0 saturated carbocycles. The fourth-order valence-corrected chi connectivity index (χ4v) is 3.65. The van der Waals surface area contributed by atoms with Gasteiger partial charge in [0.05, 0.1) is 16.0 Å². The minimum atomic E-state index is -0.371. The molecule has 1 aromatic heterocycles. The first-order chi connectivity index (χ1) is 14.2. The summed E-state index contributed by atoms with van der Waals surface area (Å²) in [6, 6.07) is 4.79. The Morgan fingerprint density at radius 3 is 2.21 bits per heavy atom. The van der Waals surface area contributed by atoms with Crippen molar-refractivity contribution in [3.8, 4) is 0 Å². The lowest BCUT2D eigenvalue weighted by molar-refractivity contribution is -0.384. The minimum Gasteiger partial charge on any atom is -0.342 e. The maximum Gasteiger partial charge on any atom is 0.271 e. The Balaban J connectivity index is 1.47. The highest BCUT2D eigenvalue weighted by Gasteiger charge is 2.09. The van der Waals surface area contributed by atoms with Gasteiger partial charge in [0.1, 0.15) is 5.82 Å². The number of nitrogens with zero attached hydrogens (tertiary/aromatic N) is 2. The molecule has 29 heavy (non-hydrogen) atoms. The van der Waals surface area contributed by atoms with Crippen LogP contribution in [0.15, 0.2) is 30.4 Å². The summed E-state index contributed by atoms with van der Waals surface area (Å²) in [5.74, 6) is 0.929. The number of nitro groups is 1. The zero-order valence-corrected chi connectivity index (χ0v) is 18.0. The number of allylic oxidation sites excluding steroid dienone is 2. The Morgan fingerprint density at radius 1 is 0.931 bits per heavy atom. The van der Waals surface area contributed by atoms with Gasteiger partial charge in [0.2, 0.25) is 0 Å². The molecule has 0 spiro atoms. The molecular formula is C24H37N3O2. The number of H-pyrrole nitrogens is 1. The normalized spacial score (nSPS) is 11.6. The van der Waals surface area contributed by atoms with Crippen LogP contribution in [0.5, 0.6) is 0 Å². The summed E-state index contributed by atoms with van der Waals surface area (Å²) in [7, 11) is 0. The van der Waals surface area contributed by atoms with E-state index in [0.717, 1.165) is 29.7 Å². The fourth-order valence-electron chi connectivity index (χ4n) is 3.65. The molecule has 2 rings (SSSR count). The van der Waals surface area contributed by atoms with E-state index in [0.29, 0.717) is 0 Å². The van der Waals surface area contributed by atoms with Crippen molar-refractivity contribution in [3.63, 3.8) is 0 Å². The second kappa shape index (κ2) is 13.9. The third-order valence-corrected chi connectivity index (χ3v) is 5.40. The summed E-state index contributed by atoms with van der Waals surface area (Å²) in [5, 5.41) is 10.8. The molecule has 1 heterocycles. The lowest BCUT2D eigenvalue weighted by Gasteiger charge is -2.00. The van der Waals surface area contributed by atoms with Gasteiger partial charge in [-0.25, -0.2) is 4.98 Å². The predicted molar refractivity (Wildman–Crippen MR) is 121 cm³/mol. The maximum absolute atomic E-state index is 10.8. The third kappa shape index (κ3) is 9.25. The summed E-state index contributed by atoms with van der Waals surface area (Å²) < 4.78 is 0. The van der Waals surface area contributed by atoms with Gasteiger partial charge in [-0.05, 0) is 38.2 Å². The highest BCUT2D eigenvalue weighted by Crippen LogP contribution is 2.19. The zero-order chi connectivity index (χ0) is 20.7. The van der Waals surface area contributed by atoms with Gasteiger partial charge >= 0.3 is 0 Å². The van der Waals surface area contributed by atoms with E-state index in [-0.39, 0.29) is 10.6 Å². The van der Waals surface area contributed by atoms with Crippen LogP contribution in [0, 0.1) is 10.1 Å². The van der Waals surface area contributed by atoms with Crippen molar-refractivity contribution in [1.29, 1.82) is 0 Å². The summed E-state index contributed by atoms with van der Waals surface area (Å²) in [6.45, 7) is 2.26. The number of aromatic amines is 1. The van der Waals surface area contributed by atoms with E-state index in [1.807, 2.05) is 0 Å². The van der Waals surface area contributed by atoms with E-state index in [2.05, 4.69) is 29.0 Å². The molecule has 0 aliphatic heterocycles. The van der Waals surface area contributed by atoms with Crippen LogP contribution in [0.3, 0.4) is 0 Å². The van der Waals surface area contributed by atoms with Crippen LogP contribution in [0.25, 0.3) is 11.0 Å². The Bertz CT molecular complexity index is 752. The van der Waals surface area contributed by atoms with Gasteiger partial charge in [-0.3, -0.25) is 10.1 Å². The Morgan fingerprint density at radius 2 is 1.55 bits per heavy atom. The molecule has 2 aromatic rings. The summed E-state index contributed by atoms with van der Waals surface area (Å²) >= 11 is 0. The monoisotopic (exact) mass is 399 g/mol.